The third kappa shape index (κ3) is 3.95. The smallest absolute Gasteiger partial charge is 0.287 e. The molecule has 4 heteroatoms. The van der Waals surface area contributed by atoms with Crippen LogP contribution >= 0.6 is 0 Å². The molecule has 1 amide bonds. The highest BCUT2D eigenvalue weighted by Gasteiger charge is 2.19. The van der Waals surface area contributed by atoms with E-state index in [0.717, 1.165) is 13.1 Å². The van der Waals surface area contributed by atoms with E-state index in [4.69, 9.17) is 4.42 Å². The molecule has 0 bridgehead atoms. The Kier molecular flexibility index (Phi) is 5.58. The lowest BCUT2D eigenvalue weighted by molar-refractivity contribution is 0.0907. The molecule has 0 aliphatic carbocycles. The summed E-state index contributed by atoms with van der Waals surface area (Å²) in [6.45, 7) is 6.70. The summed E-state index contributed by atoms with van der Waals surface area (Å²) in [4.78, 5) is 14.3. The second kappa shape index (κ2) is 7.64. The van der Waals surface area contributed by atoms with Gasteiger partial charge in [-0.1, -0.05) is 44.2 Å². The summed E-state index contributed by atoms with van der Waals surface area (Å²) < 4.78 is 5.12. The second-order valence-electron chi connectivity index (χ2n) is 4.84. The molecule has 0 saturated carbocycles. The lowest BCUT2D eigenvalue weighted by Crippen LogP contribution is -2.38. The van der Waals surface area contributed by atoms with E-state index >= 15 is 0 Å². The maximum absolute atomic E-state index is 12.0. The maximum Gasteiger partial charge on any atom is 0.287 e. The SMILES string of the molecule is CCN(CC)[C@@H](CNC(=O)c1ccco1)c1ccccc1. The summed E-state index contributed by atoms with van der Waals surface area (Å²) in [7, 11) is 0. The fourth-order valence-corrected chi connectivity index (χ4v) is 2.48. The molecule has 2 aromatic rings. The highest BCUT2D eigenvalue weighted by Crippen LogP contribution is 2.19. The number of nitrogens with one attached hydrogen (secondary N) is 1. The first-order valence-corrected chi connectivity index (χ1v) is 7.37. The lowest BCUT2D eigenvalue weighted by atomic mass is 10.1. The Morgan fingerprint density at radius 2 is 1.86 bits per heavy atom. The van der Waals surface area contributed by atoms with Gasteiger partial charge in [-0.3, -0.25) is 9.69 Å². The number of benzene rings is 1. The van der Waals surface area contributed by atoms with Crippen molar-refractivity contribution < 1.29 is 9.21 Å². The van der Waals surface area contributed by atoms with Crippen molar-refractivity contribution in [3.63, 3.8) is 0 Å². The molecule has 1 heterocycles. The summed E-state index contributed by atoms with van der Waals surface area (Å²) in [5.41, 5.74) is 1.21. The van der Waals surface area contributed by atoms with Gasteiger partial charge < -0.3 is 9.73 Å². The van der Waals surface area contributed by atoms with Crippen molar-refractivity contribution in [2.45, 2.75) is 19.9 Å². The van der Waals surface area contributed by atoms with Gasteiger partial charge in [0.1, 0.15) is 0 Å². The third-order valence-electron chi connectivity index (χ3n) is 3.64. The molecule has 0 aliphatic rings. The zero-order valence-corrected chi connectivity index (χ0v) is 12.6. The monoisotopic (exact) mass is 286 g/mol. The Morgan fingerprint density at radius 1 is 1.14 bits per heavy atom. The van der Waals surface area contributed by atoms with E-state index in [0.29, 0.717) is 12.3 Å². The molecule has 0 unspecified atom stereocenters. The first-order valence-electron chi connectivity index (χ1n) is 7.37. The maximum atomic E-state index is 12.0. The van der Waals surface area contributed by atoms with Gasteiger partial charge >= 0.3 is 0 Å². The van der Waals surface area contributed by atoms with Crippen molar-refractivity contribution in [1.29, 1.82) is 0 Å². The van der Waals surface area contributed by atoms with Crippen molar-refractivity contribution >= 4 is 5.91 Å². The van der Waals surface area contributed by atoms with Crippen molar-refractivity contribution in [3.8, 4) is 0 Å². The quantitative estimate of drug-likeness (QED) is 0.850. The topological polar surface area (TPSA) is 45.5 Å². The van der Waals surface area contributed by atoms with Crippen LogP contribution in [0.15, 0.2) is 53.1 Å². The van der Waals surface area contributed by atoms with Gasteiger partial charge in [0.15, 0.2) is 5.76 Å². The summed E-state index contributed by atoms with van der Waals surface area (Å²) in [5, 5.41) is 2.96. The first-order chi connectivity index (χ1) is 10.3. The average molecular weight is 286 g/mol. The van der Waals surface area contributed by atoms with Crippen LogP contribution in [0, 0.1) is 0 Å². The molecule has 21 heavy (non-hydrogen) atoms. The van der Waals surface area contributed by atoms with E-state index < -0.39 is 0 Å². The molecule has 0 radical (unpaired) electrons. The highest BCUT2D eigenvalue weighted by molar-refractivity contribution is 5.91. The van der Waals surface area contributed by atoms with Crippen LogP contribution in [-0.4, -0.2) is 30.4 Å². The van der Waals surface area contributed by atoms with Crippen LogP contribution in [0.3, 0.4) is 0 Å². The first kappa shape index (κ1) is 15.3. The van der Waals surface area contributed by atoms with Gasteiger partial charge in [0.25, 0.3) is 5.91 Å². The molecule has 4 nitrogen and oxygen atoms in total. The molecule has 2 rings (SSSR count). The van der Waals surface area contributed by atoms with Crippen molar-refractivity contribution in [1.82, 2.24) is 10.2 Å². The van der Waals surface area contributed by atoms with Gasteiger partial charge in [-0.15, -0.1) is 0 Å². The molecule has 1 aromatic carbocycles. The molecule has 1 aromatic heterocycles. The van der Waals surface area contributed by atoms with Crippen LogP contribution in [0.4, 0.5) is 0 Å². The standard InChI is InChI=1S/C17H22N2O2/c1-3-19(4-2)15(14-9-6-5-7-10-14)13-18-17(20)16-11-8-12-21-16/h5-12,15H,3-4,13H2,1-2H3,(H,18,20)/t15-/m0/s1. The molecule has 1 atom stereocenters. The Morgan fingerprint density at radius 3 is 2.43 bits per heavy atom. The molecule has 0 saturated heterocycles. The molecular weight excluding hydrogens is 264 g/mol. The van der Waals surface area contributed by atoms with Crippen LogP contribution < -0.4 is 5.32 Å². The minimum atomic E-state index is -0.173. The minimum absolute atomic E-state index is 0.167. The largest absolute Gasteiger partial charge is 0.459 e. The highest BCUT2D eigenvalue weighted by atomic mass is 16.3. The molecular formula is C17H22N2O2. The molecule has 0 aliphatic heterocycles. The van der Waals surface area contributed by atoms with Crippen LogP contribution in [0.5, 0.6) is 0 Å². The average Bonchev–Trinajstić information content (AvgIpc) is 3.06. The van der Waals surface area contributed by atoms with Gasteiger partial charge in [-0.25, -0.2) is 0 Å². The van der Waals surface area contributed by atoms with E-state index in [1.807, 2.05) is 18.2 Å². The minimum Gasteiger partial charge on any atom is -0.459 e. The summed E-state index contributed by atoms with van der Waals surface area (Å²) >= 11 is 0. The third-order valence-corrected chi connectivity index (χ3v) is 3.64. The van der Waals surface area contributed by atoms with Gasteiger partial charge in [-0.2, -0.15) is 0 Å². The van der Waals surface area contributed by atoms with Gasteiger partial charge in [0.2, 0.25) is 0 Å². The molecule has 0 spiro atoms. The Bertz CT molecular complexity index is 533. The fraction of sp³-hybridized carbons (Fsp3) is 0.353. The van der Waals surface area contributed by atoms with Gasteiger partial charge in [-0.05, 0) is 30.8 Å². The van der Waals surface area contributed by atoms with Crippen molar-refractivity contribution in [3.05, 3.63) is 60.1 Å². The zero-order valence-electron chi connectivity index (χ0n) is 12.6. The van der Waals surface area contributed by atoms with Gasteiger partial charge in [0.05, 0.1) is 12.3 Å². The van der Waals surface area contributed by atoms with E-state index in [1.165, 1.54) is 11.8 Å². The Labute approximate surface area is 125 Å². The number of amides is 1. The van der Waals surface area contributed by atoms with E-state index in [9.17, 15) is 4.79 Å². The predicted octanol–water partition coefficient (Wildman–Crippen LogP) is 3.09. The molecule has 1 N–H and O–H groups in total. The van der Waals surface area contributed by atoms with E-state index in [2.05, 4.69) is 36.2 Å². The number of rotatable bonds is 7. The fourth-order valence-electron chi connectivity index (χ4n) is 2.48. The van der Waals surface area contributed by atoms with Crippen molar-refractivity contribution in [2.24, 2.45) is 0 Å². The molecule has 0 fully saturated rings. The summed E-state index contributed by atoms with van der Waals surface area (Å²) in [6.07, 6.45) is 1.51. The van der Waals surface area contributed by atoms with E-state index in [-0.39, 0.29) is 11.9 Å². The van der Waals surface area contributed by atoms with Crippen LogP contribution in [0.1, 0.15) is 36.0 Å². The van der Waals surface area contributed by atoms with E-state index in [1.54, 1.807) is 12.1 Å². The number of hydrogen-bond donors (Lipinski definition) is 1. The van der Waals surface area contributed by atoms with Crippen LogP contribution in [-0.2, 0) is 0 Å². The number of carbonyl (C=O) groups excluding carboxylic acids is 1. The normalized spacial score (nSPS) is 12.3. The number of carbonyl (C=O) groups is 1. The number of furan rings is 1. The van der Waals surface area contributed by atoms with Crippen molar-refractivity contribution in [2.75, 3.05) is 19.6 Å². The number of likely N-dealkylation sites (N-methyl/N-ethyl adjacent to an activating group) is 1. The summed E-state index contributed by atoms with van der Waals surface area (Å²) in [5.74, 6) is 0.175. The summed E-state index contributed by atoms with van der Waals surface area (Å²) in [6, 6.07) is 13.8. The Balaban J connectivity index is 2.08. The molecule has 112 valence electrons. The van der Waals surface area contributed by atoms with Gasteiger partial charge in [0, 0.05) is 6.54 Å². The van der Waals surface area contributed by atoms with Crippen LogP contribution in [0.25, 0.3) is 0 Å². The lowest BCUT2D eigenvalue weighted by Gasteiger charge is -2.30. The number of hydrogen-bond acceptors (Lipinski definition) is 3. The predicted molar refractivity (Wildman–Crippen MR) is 83.1 cm³/mol. The number of nitrogens with zero attached hydrogens (tertiary/aromatic N) is 1. The second-order valence-corrected chi connectivity index (χ2v) is 4.84. The van der Waals surface area contributed by atoms with Crippen LogP contribution in [0.2, 0.25) is 0 Å². The zero-order chi connectivity index (χ0) is 15.1. The Hall–Kier alpha value is -2.07.